The zero-order valence-electron chi connectivity index (χ0n) is 28.9. The van der Waals surface area contributed by atoms with Crippen LogP contribution in [-0.2, 0) is 16.6 Å². The maximum absolute atomic E-state index is 12.1. The van der Waals surface area contributed by atoms with Crippen molar-refractivity contribution >= 4 is 34.0 Å². The fourth-order valence-corrected chi connectivity index (χ4v) is 10.4. The van der Waals surface area contributed by atoms with Gasteiger partial charge in [-0.25, -0.2) is 0 Å². The first-order valence-electron chi connectivity index (χ1n) is 17.9. The van der Waals surface area contributed by atoms with Gasteiger partial charge in [0.15, 0.2) is 0 Å². The highest BCUT2D eigenvalue weighted by atomic mass is 16.5. The van der Waals surface area contributed by atoms with E-state index in [0.29, 0.717) is 5.75 Å². The number of fused-ring (bicyclic) bond motifs is 8. The summed E-state index contributed by atoms with van der Waals surface area (Å²) in [5.41, 5.74) is 11.9. The molecule has 248 valence electrons. The highest BCUT2D eigenvalue weighted by Gasteiger charge is 2.54. The number of phenols is 1. The monoisotopic (exact) mass is 647 g/mol. The molecular formula is C44H45N3O2. The molecule has 9 rings (SSSR count). The Hall–Kier alpha value is -4.61. The molecule has 5 aromatic carbocycles. The molecule has 2 heterocycles. The van der Waals surface area contributed by atoms with E-state index in [4.69, 9.17) is 10.1 Å². The third kappa shape index (κ3) is 4.73. The number of phenolic OH excluding ortho intramolecular Hbond substituents is 1. The first-order chi connectivity index (χ1) is 23.7. The van der Waals surface area contributed by atoms with Crippen molar-refractivity contribution in [2.45, 2.75) is 51.9 Å². The van der Waals surface area contributed by atoms with Crippen molar-refractivity contribution in [3.8, 4) is 28.0 Å². The van der Waals surface area contributed by atoms with Crippen molar-refractivity contribution in [2.24, 2.45) is 10.8 Å². The van der Waals surface area contributed by atoms with Crippen LogP contribution >= 0.6 is 0 Å². The molecule has 2 aliphatic carbocycles. The van der Waals surface area contributed by atoms with Gasteiger partial charge >= 0.3 is 0 Å². The predicted molar refractivity (Wildman–Crippen MR) is 202 cm³/mol. The Morgan fingerprint density at radius 2 is 1.49 bits per heavy atom. The molecule has 2 atom stereocenters. The molecule has 5 aromatic rings. The molecule has 1 spiro atoms. The summed E-state index contributed by atoms with van der Waals surface area (Å²) in [5, 5.41) is 22.6. The Morgan fingerprint density at radius 1 is 0.735 bits per heavy atom. The molecule has 2 aliphatic heterocycles. The number of nitrogens with one attached hydrogen (secondary N) is 1. The Labute approximate surface area is 289 Å². The van der Waals surface area contributed by atoms with Crippen LogP contribution in [0.1, 0.15) is 56.7 Å². The number of anilines is 3. The van der Waals surface area contributed by atoms with Crippen molar-refractivity contribution in [3.63, 3.8) is 0 Å². The van der Waals surface area contributed by atoms with Crippen LogP contribution in [0.4, 0.5) is 17.1 Å². The van der Waals surface area contributed by atoms with Gasteiger partial charge in [0.1, 0.15) is 5.75 Å². The average molecular weight is 648 g/mol. The highest BCUT2D eigenvalue weighted by molar-refractivity contribution is 6.09. The molecule has 0 amide bonds. The number of rotatable bonds is 4. The molecule has 2 unspecified atom stereocenters. The fraction of sp³-hybridized carbons (Fsp3) is 0.341. The zero-order valence-corrected chi connectivity index (χ0v) is 28.9. The van der Waals surface area contributed by atoms with Crippen LogP contribution in [0.5, 0.6) is 5.75 Å². The van der Waals surface area contributed by atoms with E-state index in [1.807, 2.05) is 0 Å². The standard InChI is InChI=1S/C44H45N3O2/c1-42(2)25-43(3,28-45)27-44(26-42)36-10-6-5-9-32(36)41-35-23-39(47-17-16-30-8-4-7-11-38(30)47)33(22-34(35)40(48)24-37(41)44)29-12-14-31(15-13-29)46-18-20-49-21-19-46/h4-15,22-24,28,45,48H,16-21,25-27H2,1-3H3. The van der Waals surface area contributed by atoms with E-state index >= 15 is 0 Å². The summed E-state index contributed by atoms with van der Waals surface area (Å²) in [4.78, 5) is 4.88. The first-order valence-corrected chi connectivity index (χ1v) is 17.9. The van der Waals surface area contributed by atoms with Gasteiger partial charge in [-0.15, -0.1) is 0 Å². The van der Waals surface area contributed by atoms with Gasteiger partial charge in [-0.3, -0.25) is 0 Å². The number of ether oxygens (including phenoxy) is 1. The van der Waals surface area contributed by atoms with E-state index in [0.717, 1.165) is 80.4 Å². The van der Waals surface area contributed by atoms with E-state index in [2.05, 4.69) is 122 Å². The number of morpholine rings is 1. The fourth-order valence-electron chi connectivity index (χ4n) is 10.4. The summed E-state index contributed by atoms with van der Waals surface area (Å²) in [5.74, 6) is 0.334. The summed E-state index contributed by atoms with van der Waals surface area (Å²) in [6.45, 7) is 11.2. The lowest BCUT2D eigenvalue weighted by Crippen LogP contribution is -2.45. The van der Waals surface area contributed by atoms with Gasteiger partial charge in [0.25, 0.3) is 0 Å². The maximum atomic E-state index is 12.1. The molecule has 5 heteroatoms. The van der Waals surface area contributed by atoms with E-state index in [1.54, 1.807) is 6.21 Å². The van der Waals surface area contributed by atoms with Gasteiger partial charge < -0.3 is 25.1 Å². The van der Waals surface area contributed by atoms with Crippen LogP contribution < -0.4 is 9.80 Å². The van der Waals surface area contributed by atoms with Crippen molar-refractivity contribution in [1.29, 1.82) is 5.41 Å². The molecule has 2 N–H and O–H groups in total. The molecule has 0 radical (unpaired) electrons. The molecule has 49 heavy (non-hydrogen) atoms. The molecule has 1 saturated carbocycles. The van der Waals surface area contributed by atoms with Crippen molar-refractivity contribution in [3.05, 3.63) is 108 Å². The lowest BCUT2D eigenvalue weighted by Gasteiger charge is -2.51. The van der Waals surface area contributed by atoms with E-state index < -0.39 is 0 Å². The lowest BCUT2D eigenvalue weighted by atomic mass is 9.52. The van der Waals surface area contributed by atoms with E-state index in [-0.39, 0.29) is 16.2 Å². The smallest absolute Gasteiger partial charge is 0.123 e. The predicted octanol–water partition coefficient (Wildman–Crippen LogP) is 9.88. The topological polar surface area (TPSA) is 59.8 Å². The van der Waals surface area contributed by atoms with Gasteiger partial charge in [-0.1, -0.05) is 75.4 Å². The van der Waals surface area contributed by atoms with E-state index in [1.165, 1.54) is 44.9 Å². The Morgan fingerprint density at radius 3 is 2.29 bits per heavy atom. The largest absolute Gasteiger partial charge is 0.507 e. The summed E-state index contributed by atoms with van der Waals surface area (Å²) in [6, 6.07) is 33.4. The summed E-state index contributed by atoms with van der Waals surface area (Å²) < 4.78 is 5.60. The average Bonchev–Trinajstić information content (AvgIpc) is 3.65. The normalized spacial score (nSPS) is 23.8. The van der Waals surface area contributed by atoms with Crippen LogP contribution in [-0.4, -0.2) is 44.2 Å². The Bertz CT molecular complexity index is 2130. The molecule has 2 fully saturated rings. The molecule has 4 aliphatic rings. The minimum absolute atomic E-state index is 0.0332. The Kier molecular flexibility index (Phi) is 6.80. The zero-order chi connectivity index (χ0) is 33.5. The Balaban J connectivity index is 1.29. The van der Waals surface area contributed by atoms with Gasteiger partial charge in [0.2, 0.25) is 0 Å². The first kappa shape index (κ1) is 30.4. The van der Waals surface area contributed by atoms with Crippen molar-refractivity contribution in [2.75, 3.05) is 42.6 Å². The van der Waals surface area contributed by atoms with E-state index in [9.17, 15) is 5.11 Å². The number of hydrogen-bond donors (Lipinski definition) is 2. The number of aromatic hydroxyl groups is 1. The van der Waals surface area contributed by atoms with Gasteiger partial charge in [-0.05, 0) is 106 Å². The second-order valence-electron chi connectivity index (χ2n) is 16.0. The highest BCUT2D eigenvalue weighted by Crippen LogP contribution is 2.65. The molecule has 1 saturated heterocycles. The van der Waals surface area contributed by atoms with Crippen molar-refractivity contribution < 1.29 is 9.84 Å². The van der Waals surface area contributed by atoms with Crippen LogP contribution in [0.15, 0.2) is 91.0 Å². The molecule has 0 bridgehead atoms. The second kappa shape index (κ2) is 10.9. The van der Waals surface area contributed by atoms with Crippen LogP contribution in [0.3, 0.4) is 0 Å². The minimum Gasteiger partial charge on any atom is -0.507 e. The quantitative estimate of drug-likeness (QED) is 0.191. The summed E-state index contributed by atoms with van der Waals surface area (Å²) >= 11 is 0. The number of nitrogens with zero attached hydrogens (tertiary/aromatic N) is 2. The van der Waals surface area contributed by atoms with Crippen LogP contribution in [0.25, 0.3) is 33.0 Å². The minimum atomic E-state index is -0.278. The van der Waals surface area contributed by atoms with Crippen LogP contribution in [0.2, 0.25) is 0 Å². The third-order valence-corrected chi connectivity index (χ3v) is 11.9. The molecule has 0 aromatic heterocycles. The SMILES string of the molecule is CC1(C)CC(C)(C=N)CC2(C1)c1ccccc1-c1c2cc(O)c2cc(-c3ccc(N4CCOCC4)cc3)c(N3CCc4ccccc43)cc12. The van der Waals surface area contributed by atoms with Gasteiger partial charge in [0.05, 0.1) is 13.2 Å². The molecular weight excluding hydrogens is 603 g/mol. The van der Waals surface area contributed by atoms with Crippen molar-refractivity contribution in [1.82, 2.24) is 0 Å². The van der Waals surface area contributed by atoms with Gasteiger partial charge in [0, 0.05) is 64.7 Å². The maximum Gasteiger partial charge on any atom is 0.123 e. The number of para-hydroxylation sites is 1. The second-order valence-corrected chi connectivity index (χ2v) is 16.0. The lowest BCUT2D eigenvalue weighted by molar-refractivity contribution is 0.0988. The third-order valence-electron chi connectivity index (χ3n) is 11.9. The number of benzene rings is 5. The summed E-state index contributed by atoms with van der Waals surface area (Å²) in [6.07, 6.45) is 5.52. The van der Waals surface area contributed by atoms with Crippen LogP contribution in [0, 0.1) is 16.2 Å². The van der Waals surface area contributed by atoms with Gasteiger partial charge in [-0.2, -0.15) is 0 Å². The molecule has 5 nitrogen and oxygen atoms in total. The summed E-state index contributed by atoms with van der Waals surface area (Å²) in [7, 11) is 0. The number of hydrogen-bond acceptors (Lipinski definition) is 5.